The Morgan fingerprint density at radius 1 is 1.14 bits per heavy atom. The van der Waals surface area contributed by atoms with Crippen LogP contribution in [0.25, 0.3) is 0 Å². The summed E-state index contributed by atoms with van der Waals surface area (Å²) in [6, 6.07) is 10.9. The second-order valence-corrected chi connectivity index (χ2v) is 4.48. The Morgan fingerprint density at radius 3 is 2.57 bits per heavy atom. The number of rotatable bonds is 6. The maximum absolute atomic E-state index is 13.8. The Labute approximate surface area is 121 Å². The number of carboxylic acids is 1. The van der Waals surface area contributed by atoms with Crippen LogP contribution in [-0.2, 0) is 13.0 Å². The Morgan fingerprint density at radius 2 is 1.90 bits per heavy atom. The molecule has 0 radical (unpaired) electrons. The van der Waals surface area contributed by atoms with Crippen LogP contribution in [0.1, 0.15) is 21.5 Å². The minimum Gasteiger partial charge on any atom is -0.489 e. The summed E-state index contributed by atoms with van der Waals surface area (Å²) < 4.78 is 19.3. The van der Waals surface area contributed by atoms with Crippen molar-refractivity contribution in [1.82, 2.24) is 0 Å². The predicted molar refractivity (Wildman–Crippen MR) is 74.9 cm³/mol. The monoisotopic (exact) mass is 290 g/mol. The average molecular weight is 290 g/mol. The molecule has 2 rings (SSSR count). The number of aromatic carboxylic acids is 1. The summed E-state index contributed by atoms with van der Waals surface area (Å²) in [5, 5.41) is 17.8. The largest absolute Gasteiger partial charge is 0.489 e. The Balaban J connectivity index is 2.11. The van der Waals surface area contributed by atoms with Gasteiger partial charge in [-0.2, -0.15) is 0 Å². The number of hydrogen-bond acceptors (Lipinski definition) is 3. The standard InChI is InChI=1S/C16H15FO4/c17-14-9-12(16(19)20)5-6-13(14)10-21-15-4-2-1-3-11(15)7-8-18/h1-6,9,18H,7-8,10H2,(H,19,20). The highest BCUT2D eigenvalue weighted by Gasteiger charge is 2.10. The Bertz CT molecular complexity index is 640. The summed E-state index contributed by atoms with van der Waals surface area (Å²) in [4.78, 5) is 10.7. The summed E-state index contributed by atoms with van der Waals surface area (Å²) in [5.41, 5.74) is 1.01. The first-order valence-electron chi connectivity index (χ1n) is 6.45. The molecule has 2 N–H and O–H groups in total. The van der Waals surface area contributed by atoms with Crippen LogP contribution in [0, 0.1) is 5.82 Å². The van der Waals surface area contributed by atoms with Crippen molar-refractivity contribution in [3.63, 3.8) is 0 Å². The van der Waals surface area contributed by atoms with Crippen LogP contribution in [0.2, 0.25) is 0 Å². The number of carboxylic acid groups (broad SMARTS) is 1. The van der Waals surface area contributed by atoms with E-state index >= 15 is 0 Å². The fourth-order valence-corrected chi connectivity index (χ4v) is 1.92. The molecule has 0 amide bonds. The highest BCUT2D eigenvalue weighted by molar-refractivity contribution is 5.87. The summed E-state index contributed by atoms with van der Waals surface area (Å²) in [5.74, 6) is -1.21. The lowest BCUT2D eigenvalue weighted by Crippen LogP contribution is -2.04. The van der Waals surface area contributed by atoms with Gasteiger partial charge in [-0.15, -0.1) is 0 Å². The predicted octanol–water partition coefficient (Wildman–Crippen LogP) is 2.64. The zero-order valence-corrected chi connectivity index (χ0v) is 11.3. The van der Waals surface area contributed by atoms with E-state index in [2.05, 4.69) is 0 Å². The molecule has 21 heavy (non-hydrogen) atoms. The topological polar surface area (TPSA) is 66.8 Å². The Kier molecular flexibility index (Phi) is 4.90. The van der Waals surface area contributed by atoms with E-state index in [9.17, 15) is 9.18 Å². The van der Waals surface area contributed by atoms with Gasteiger partial charge >= 0.3 is 5.97 Å². The molecule has 0 aliphatic rings. The molecule has 0 spiro atoms. The van der Waals surface area contributed by atoms with E-state index in [0.717, 1.165) is 11.6 Å². The lowest BCUT2D eigenvalue weighted by Gasteiger charge is -2.11. The molecule has 0 bridgehead atoms. The molecule has 0 fully saturated rings. The summed E-state index contributed by atoms with van der Waals surface area (Å²) in [7, 11) is 0. The van der Waals surface area contributed by atoms with Gasteiger partial charge in [-0.3, -0.25) is 0 Å². The van der Waals surface area contributed by atoms with Crippen LogP contribution in [-0.4, -0.2) is 22.8 Å². The first kappa shape index (κ1) is 15.0. The zero-order chi connectivity index (χ0) is 15.2. The van der Waals surface area contributed by atoms with Crippen LogP contribution in [0.15, 0.2) is 42.5 Å². The molecule has 2 aromatic rings. The molecular formula is C16H15FO4. The molecule has 0 saturated carbocycles. The third-order valence-electron chi connectivity index (χ3n) is 3.04. The molecule has 0 aliphatic heterocycles. The van der Waals surface area contributed by atoms with E-state index in [1.807, 2.05) is 12.1 Å². The number of carbonyl (C=O) groups is 1. The lowest BCUT2D eigenvalue weighted by atomic mass is 10.1. The van der Waals surface area contributed by atoms with E-state index < -0.39 is 11.8 Å². The minimum absolute atomic E-state index is 0.00203. The molecule has 0 aliphatic carbocycles. The van der Waals surface area contributed by atoms with E-state index in [1.54, 1.807) is 12.1 Å². The molecule has 0 unspecified atom stereocenters. The van der Waals surface area contributed by atoms with Gasteiger partial charge in [-0.25, -0.2) is 9.18 Å². The zero-order valence-electron chi connectivity index (χ0n) is 11.3. The van der Waals surface area contributed by atoms with Gasteiger partial charge in [-0.1, -0.05) is 24.3 Å². The highest BCUT2D eigenvalue weighted by atomic mass is 19.1. The van der Waals surface area contributed by atoms with Crippen LogP contribution in [0.5, 0.6) is 5.75 Å². The fourth-order valence-electron chi connectivity index (χ4n) is 1.92. The number of aliphatic hydroxyl groups excluding tert-OH is 1. The van der Waals surface area contributed by atoms with Crippen molar-refractivity contribution in [1.29, 1.82) is 0 Å². The summed E-state index contributed by atoms with van der Waals surface area (Å²) in [6.45, 7) is -0.00375. The third kappa shape index (κ3) is 3.79. The van der Waals surface area contributed by atoms with E-state index in [-0.39, 0.29) is 24.3 Å². The van der Waals surface area contributed by atoms with Crippen LogP contribution < -0.4 is 4.74 Å². The molecule has 0 aromatic heterocycles. The van der Waals surface area contributed by atoms with Gasteiger partial charge in [0.05, 0.1) is 5.56 Å². The maximum atomic E-state index is 13.8. The van der Waals surface area contributed by atoms with Crippen molar-refractivity contribution in [2.24, 2.45) is 0 Å². The van der Waals surface area contributed by atoms with E-state index in [0.29, 0.717) is 12.2 Å². The van der Waals surface area contributed by atoms with Crippen molar-refractivity contribution in [3.05, 3.63) is 65.0 Å². The molecule has 0 atom stereocenters. The van der Waals surface area contributed by atoms with Crippen molar-refractivity contribution < 1.29 is 24.1 Å². The average Bonchev–Trinajstić information content (AvgIpc) is 2.47. The molecule has 0 heterocycles. The minimum atomic E-state index is -1.17. The first-order chi connectivity index (χ1) is 10.1. The molecule has 110 valence electrons. The van der Waals surface area contributed by atoms with Crippen molar-refractivity contribution in [2.75, 3.05) is 6.61 Å². The van der Waals surface area contributed by atoms with Crippen LogP contribution in [0.4, 0.5) is 4.39 Å². The first-order valence-corrected chi connectivity index (χ1v) is 6.45. The van der Waals surface area contributed by atoms with Crippen LogP contribution >= 0.6 is 0 Å². The SMILES string of the molecule is O=C(O)c1ccc(COc2ccccc2CCO)c(F)c1. The lowest BCUT2D eigenvalue weighted by molar-refractivity contribution is 0.0696. The number of benzene rings is 2. The van der Waals surface area contributed by atoms with E-state index in [1.165, 1.54) is 12.1 Å². The van der Waals surface area contributed by atoms with Crippen molar-refractivity contribution in [2.45, 2.75) is 13.0 Å². The van der Waals surface area contributed by atoms with Gasteiger partial charge in [0.2, 0.25) is 0 Å². The van der Waals surface area contributed by atoms with Gasteiger partial charge in [0.1, 0.15) is 18.2 Å². The van der Waals surface area contributed by atoms with Gasteiger partial charge in [-0.05, 0) is 30.2 Å². The normalized spacial score (nSPS) is 10.4. The summed E-state index contributed by atoms with van der Waals surface area (Å²) >= 11 is 0. The van der Waals surface area contributed by atoms with Crippen molar-refractivity contribution >= 4 is 5.97 Å². The smallest absolute Gasteiger partial charge is 0.335 e. The third-order valence-corrected chi connectivity index (χ3v) is 3.04. The fraction of sp³-hybridized carbons (Fsp3) is 0.188. The molecule has 0 saturated heterocycles. The number of ether oxygens (including phenoxy) is 1. The van der Waals surface area contributed by atoms with Gasteiger partial charge < -0.3 is 14.9 Å². The van der Waals surface area contributed by atoms with Gasteiger partial charge in [0, 0.05) is 12.2 Å². The number of hydrogen-bond donors (Lipinski definition) is 2. The number of para-hydroxylation sites is 1. The Hall–Kier alpha value is -2.40. The second kappa shape index (κ2) is 6.85. The number of halogens is 1. The number of aliphatic hydroxyl groups is 1. The second-order valence-electron chi connectivity index (χ2n) is 4.48. The van der Waals surface area contributed by atoms with Crippen molar-refractivity contribution in [3.8, 4) is 5.75 Å². The molecule has 4 nitrogen and oxygen atoms in total. The highest BCUT2D eigenvalue weighted by Crippen LogP contribution is 2.20. The molecule has 5 heteroatoms. The molecule has 2 aromatic carbocycles. The quantitative estimate of drug-likeness (QED) is 0.858. The van der Waals surface area contributed by atoms with Gasteiger partial charge in [0.25, 0.3) is 0 Å². The summed E-state index contributed by atoms with van der Waals surface area (Å²) in [6.07, 6.45) is 0.455. The van der Waals surface area contributed by atoms with Gasteiger partial charge in [0.15, 0.2) is 0 Å². The molecular weight excluding hydrogens is 275 g/mol. The maximum Gasteiger partial charge on any atom is 0.335 e. The van der Waals surface area contributed by atoms with E-state index in [4.69, 9.17) is 14.9 Å². The van der Waals surface area contributed by atoms with Crippen LogP contribution in [0.3, 0.4) is 0 Å².